The van der Waals surface area contributed by atoms with E-state index in [1.807, 2.05) is 6.92 Å². The highest BCUT2D eigenvalue weighted by molar-refractivity contribution is 5.98. The number of aryl methyl sites for hydroxylation is 1. The molecule has 0 bridgehead atoms. The Bertz CT molecular complexity index is 1430. The van der Waals surface area contributed by atoms with Crippen LogP contribution in [-0.2, 0) is 9.53 Å². The molecule has 39 heavy (non-hydrogen) atoms. The molecule has 15 heteroatoms. The number of amides is 2. The first kappa shape index (κ1) is 28.0. The van der Waals surface area contributed by atoms with Gasteiger partial charge in [0.25, 0.3) is 11.8 Å². The van der Waals surface area contributed by atoms with Crippen molar-refractivity contribution in [3.8, 4) is 17.1 Å². The van der Waals surface area contributed by atoms with Crippen molar-refractivity contribution in [2.24, 2.45) is 0 Å². The largest absolute Gasteiger partial charge is 0.480 e. The lowest BCUT2D eigenvalue weighted by molar-refractivity contribution is -0.258. The van der Waals surface area contributed by atoms with Gasteiger partial charge in [0.05, 0.1) is 25.4 Å². The molecule has 0 saturated carbocycles. The van der Waals surface area contributed by atoms with Gasteiger partial charge in [0.2, 0.25) is 11.5 Å². The number of methoxy groups -OCH3 is 2. The molecule has 1 fully saturated rings. The van der Waals surface area contributed by atoms with E-state index in [2.05, 4.69) is 19.8 Å². The summed E-state index contributed by atoms with van der Waals surface area (Å²) in [6, 6.07) is 2.04. The van der Waals surface area contributed by atoms with Crippen LogP contribution >= 0.6 is 0 Å². The van der Waals surface area contributed by atoms with Gasteiger partial charge in [-0.3, -0.25) is 9.59 Å². The maximum Gasteiger partial charge on any atom is 0.426 e. The number of alkyl halides is 4. The van der Waals surface area contributed by atoms with Crippen molar-refractivity contribution in [1.82, 2.24) is 29.4 Å². The second-order valence-electron chi connectivity index (χ2n) is 9.34. The van der Waals surface area contributed by atoms with Gasteiger partial charge in [0.15, 0.2) is 5.82 Å². The number of fused-ring (bicyclic) bond motifs is 1. The Morgan fingerprint density at radius 3 is 2.49 bits per heavy atom. The van der Waals surface area contributed by atoms with Crippen LogP contribution in [0.3, 0.4) is 0 Å². The van der Waals surface area contributed by atoms with Gasteiger partial charge in [0, 0.05) is 32.5 Å². The third-order valence-corrected chi connectivity index (χ3v) is 7.03. The summed E-state index contributed by atoms with van der Waals surface area (Å²) in [7, 11) is 3.35. The number of anilines is 1. The monoisotopic (exact) mass is 553 g/mol. The molecule has 0 aliphatic carbocycles. The zero-order valence-electron chi connectivity index (χ0n) is 21.8. The maximum atomic E-state index is 15.1. The number of nitrogens with zero attached hydrogens (tertiary/aromatic N) is 6. The standard InChI is InChI=1S/C24H27F4N7O4/c1-12-6-16(35-18(12)19(29)31-11-32-35)13-7-14(20(38-4)30-8-13)21(36)33(3)17-10-34(9-15(17)25)22(37)23(2,39-5)24(26,27)28/h6-8,11,15,17H,9-10H2,1-5H3,(H2,29,31,32)/t15-,17+,23+/m0/s1. The molecule has 0 radical (unpaired) electrons. The van der Waals surface area contributed by atoms with Gasteiger partial charge in [-0.25, -0.2) is 18.9 Å². The van der Waals surface area contributed by atoms with E-state index in [1.165, 1.54) is 32.7 Å². The number of hydrogen-bond acceptors (Lipinski definition) is 8. The molecule has 3 aromatic heterocycles. The van der Waals surface area contributed by atoms with Crippen molar-refractivity contribution >= 4 is 23.1 Å². The molecule has 2 amide bonds. The van der Waals surface area contributed by atoms with E-state index >= 15 is 4.39 Å². The molecule has 3 aromatic rings. The fraction of sp³-hybridized carbons (Fsp3) is 0.458. The summed E-state index contributed by atoms with van der Waals surface area (Å²) in [6.07, 6.45) is -4.09. The molecule has 4 heterocycles. The quantitative estimate of drug-likeness (QED) is 0.461. The van der Waals surface area contributed by atoms with Crippen LogP contribution in [0.4, 0.5) is 23.4 Å². The fourth-order valence-electron chi connectivity index (χ4n) is 4.61. The minimum absolute atomic E-state index is 0.0267. The predicted molar refractivity (Wildman–Crippen MR) is 131 cm³/mol. The van der Waals surface area contributed by atoms with Gasteiger partial charge in [0.1, 0.15) is 23.6 Å². The minimum atomic E-state index is -5.03. The van der Waals surface area contributed by atoms with E-state index in [4.69, 9.17) is 10.5 Å². The first-order valence-corrected chi connectivity index (χ1v) is 11.7. The maximum absolute atomic E-state index is 15.1. The molecular weight excluding hydrogens is 526 g/mol. The van der Waals surface area contributed by atoms with Crippen molar-refractivity contribution in [2.45, 2.75) is 37.8 Å². The number of carbonyl (C=O) groups excluding carboxylic acids is 2. The van der Waals surface area contributed by atoms with E-state index in [1.54, 1.807) is 10.6 Å². The number of halogens is 4. The molecule has 0 aromatic carbocycles. The van der Waals surface area contributed by atoms with E-state index in [0.29, 0.717) is 28.6 Å². The summed E-state index contributed by atoms with van der Waals surface area (Å²) in [6.45, 7) is 1.29. The number of likely N-dealkylation sites (N-methyl/N-ethyl adjacent to an activating group) is 1. The predicted octanol–water partition coefficient (Wildman–Crippen LogP) is 2.28. The van der Waals surface area contributed by atoms with Gasteiger partial charge < -0.3 is 25.0 Å². The number of likely N-dealkylation sites (tertiary alicyclic amines) is 1. The number of pyridine rings is 1. The van der Waals surface area contributed by atoms with Crippen LogP contribution in [0.2, 0.25) is 0 Å². The zero-order valence-corrected chi connectivity index (χ0v) is 21.8. The SMILES string of the molecule is COc1ncc(-c2cc(C)c3c(N)ncnn23)cc1C(=O)N(C)[C@@H]1CN(C(=O)[C@@](C)(OC)C(F)(F)F)C[C@@H]1F. The summed E-state index contributed by atoms with van der Waals surface area (Å²) in [5, 5.41) is 4.23. The third-order valence-electron chi connectivity index (χ3n) is 7.03. The summed E-state index contributed by atoms with van der Waals surface area (Å²) in [5.74, 6) is -1.94. The van der Waals surface area contributed by atoms with Gasteiger partial charge in [-0.05, 0) is 31.5 Å². The van der Waals surface area contributed by atoms with Crippen molar-refractivity contribution in [3.05, 3.63) is 35.8 Å². The highest BCUT2D eigenvalue weighted by Crippen LogP contribution is 2.36. The molecular formula is C24H27F4N7O4. The second-order valence-corrected chi connectivity index (χ2v) is 9.34. The van der Waals surface area contributed by atoms with E-state index in [9.17, 15) is 22.8 Å². The molecule has 2 N–H and O–H groups in total. The van der Waals surface area contributed by atoms with Gasteiger partial charge in [-0.1, -0.05) is 0 Å². The summed E-state index contributed by atoms with van der Waals surface area (Å²) >= 11 is 0. The van der Waals surface area contributed by atoms with Crippen LogP contribution < -0.4 is 10.5 Å². The van der Waals surface area contributed by atoms with Crippen molar-refractivity contribution < 1.29 is 36.6 Å². The number of nitrogens with two attached hydrogens (primary N) is 1. The highest BCUT2D eigenvalue weighted by atomic mass is 19.4. The van der Waals surface area contributed by atoms with Crippen molar-refractivity contribution in [2.75, 3.05) is 40.1 Å². The van der Waals surface area contributed by atoms with Crippen LogP contribution in [0, 0.1) is 6.92 Å². The summed E-state index contributed by atoms with van der Waals surface area (Å²) in [4.78, 5) is 36.2. The molecule has 1 saturated heterocycles. The smallest absolute Gasteiger partial charge is 0.426 e. The van der Waals surface area contributed by atoms with E-state index in [-0.39, 0.29) is 17.3 Å². The number of nitrogen functional groups attached to an aromatic ring is 1. The Kier molecular flexibility index (Phi) is 7.14. The van der Waals surface area contributed by atoms with Gasteiger partial charge >= 0.3 is 6.18 Å². The zero-order chi connectivity index (χ0) is 28.9. The minimum Gasteiger partial charge on any atom is -0.480 e. The van der Waals surface area contributed by atoms with Crippen LogP contribution in [0.15, 0.2) is 24.7 Å². The first-order chi connectivity index (χ1) is 18.2. The highest BCUT2D eigenvalue weighted by Gasteiger charge is 2.60. The van der Waals surface area contributed by atoms with Crippen LogP contribution in [0.1, 0.15) is 22.8 Å². The molecule has 3 atom stereocenters. The topological polar surface area (TPSA) is 128 Å². The first-order valence-electron chi connectivity index (χ1n) is 11.7. The number of hydrogen-bond donors (Lipinski definition) is 1. The van der Waals surface area contributed by atoms with E-state index < -0.39 is 48.9 Å². The van der Waals surface area contributed by atoms with Crippen LogP contribution in [-0.4, -0.2) is 99.5 Å². The van der Waals surface area contributed by atoms with Crippen LogP contribution in [0.25, 0.3) is 16.8 Å². The number of carbonyl (C=O) groups is 2. The third kappa shape index (κ3) is 4.60. The molecule has 11 nitrogen and oxygen atoms in total. The normalized spacial score (nSPS) is 19.3. The lowest BCUT2D eigenvalue weighted by Crippen LogP contribution is -2.57. The Morgan fingerprint density at radius 2 is 1.87 bits per heavy atom. The Balaban J connectivity index is 1.65. The lowest BCUT2D eigenvalue weighted by atomic mass is 10.0. The average molecular weight is 554 g/mol. The van der Waals surface area contributed by atoms with Gasteiger partial charge in [-0.2, -0.15) is 18.3 Å². The summed E-state index contributed by atoms with van der Waals surface area (Å²) in [5.41, 5.74) is 5.18. The Hall–Kier alpha value is -4.01. The lowest BCUT2D eigenvalue weighted by Gasteiger charge is -2.33. The molecule has 0 spiro atoms. The average Bonchev–Trinajstić information content (AvgIpc) is 3.46. The molecule has 0 unspecified atom stereocenters. The number of rotatable bonds is 6. The number of ether oxygens (including phenoxy) is 2. The van der Waals surface area contributed by atoms with Crippen molar-refractivity contribution in [3.63, 3.8) is 0 Å². The van der Waals surface area contributed by atoms with Crippen LogP contribution in [0.5, 0.6) is 5.88 Å². The van der Waals surface area contributed by atoms with Crippen molar-refractivity contribution in [1.29, 1.82) is 0 Å². The van der Waals surface area contributed by atoms with E-state index in [0.717, 1.165) is 17.6 Å². The Labute approximate surface area is 220 Å². The van der Waals surface area contributed by atoms with Gasteiger partial charge in [-0.15, -0.1) is 0 Å². The molecule has 4 rings (SSSR count). The molecule has 210 valence electrons. The molecule has 1 aliphatic heterocycles. The summed E-state index contributed by atoms with van der Waals surface area (Å²) < 4.78 is 66.9. The second kappa shape index (κ2) is 9.94. The number of aromatic nitrogens is 4. The Morgan fingerprint density at radius 1 is 1.18 bits per heavy atom. The molecule has 1 aliphatic rings. The fourth-order valence-corrected chi connectivity index (χ4v) is 4.61.